The Balaban J connectivity index is 0.000000135. The van der Waals surface area contributed by atoms with Crippen LogP contribution >= 0.6 is 22.6 Å². The van der Waals surface area contributed by atoms with Crippen LogP contribution in [0.1, 0.15) is 1.37 Å². The number of H-pyrrole nitrogens is 1. The fourth-order valence-electron chi connectivity index (χ4n) is 6.12. The molecule has 8 nitrogen and oxygen atoms in total. The van der Waals surface area contributed by atoms with Gasteiger partial charge < -0.3 is 9.55 Å². The third-order valence-electron chi connectivity index (χ3n) is 8.24. The van der Waals surface area contributed by atoms with Crippen LogP contribution in [0.15, 0.2) is 171 Å². The predicted octanol–water partition coefficient (Wildman–Crippen LogP) is 10.1. The van der Waals surface area contributed by atoms with Crippen molar-refractivity contribution in [1.82, 2.24) is 38.6 Å². The number of aromatic amines is 1. The summed E-state index contributed by atoms with van der Waals surface area (Å²) in [4.78, 5) is 19.8. The van der Waals surface area contributed by atoms with E-state index in [-0.39, 0.29) is 0 Å². The summed E-state index contributed by atoms with van der Waals surface area (Å²) in [7, 11) is -1.00. The molecule has 0 fully saturated rings. The highest BCUT2D eigenvalue weighted by Gasteiger charge is 2.14. The van der Waals surface area contributed by atoms with Crippen LogP contribution in [0.25, 0.3) is 60.9 Å². The minimum Gasteiger partial charge on any atom is -0.351 e. The van der Waals surface area contributed by atoms with Crippen LogP contribution in [-0.4, -0.2) is 45.8 Å². The van der Waals surface area contributed by atoms with Gasteiger partial charge in [-0.25, -0.2) is 19.9 Å². The Morgan fingerprint density at radius 3 is 1.71 bits per heavy atom. The summed E-state index contributed by atoms with van der Waals surface area (Å²) in [6, 6.07) is 42.0. The molecule has 6 heterocycles. The number of imidazole rings is 2. The molecule has 1 N–H and O–H groups in total. The average Bonchev–Trinajstić information content (AvgIpc) is 4.03. The van der Waals surface area contributed by atoms with Crippen molar-refractivity contribution in [3.05, 3.63) is 175 Å². The van der Waals surface area contributed by atoms with Gasteiger partial charge >= 0.3 is 0 Å². The van der Waals surface area contributed by atoms with Gasteiger partial charge in [0.15, 0.2) is 0 Å². The molecule has 10 rings (SSSR count). The largest absolute Gasteiger partial charge is 0.351 e. The van der Waals surface area contributed by atoms with E-state index >= 15 is 0 Å². The zero-order valence-electron chi connectivity index (χ0n) is 28.3. The molecule has 10 aromatic rings. The quantitative estimate of drug-likeness (QED) is 0.181. The smallest absolute Gasteiger partial charge is 0.145 e. The van der Waals surface area contributed by atoms with Gasteiger partial charge in [0.05, 0.1) is 32.2 Å². The van der Waals surface area contributed by atoms with Crippen LogP contribution in [0.2, 0.25) is 0 Å². The number of aromatic nitrogens is 8. The van der Waals surface area contributed by atoms with E-state index in [4.69, 9.17) is 1.37 Å². The first-order valence-electron chi connectivity index (χ1n) is 16.7. The van der Waals surface area contributed by atoms with Crippen molar-refractivity contribution in [2.45, 2.75) is 0 Å². The SMILES string of the molecule is Ic1ccc2c(c1)c1cccnc1n2-c1ccccc1.[2H]CF.c1c[nH]cn1.c1ccc(-n2c3ccc(-n4ccnc4)cc3c3cccnc32)cc1. The van der Waals surface area contributed by atoms with Crippen molar-refractivity contribution in [1.29, 1.82) is 0 Å². The van der Waals surface area contributed by atoms with Crippen LogP contribution in [0, 0.1) is 3.57 Å². The molecule has 250 valence electrons. The summed E-state index contributed by atoms with van der Waals surface area (Å²) in [5.74, 6) is 0. The zero-order chi connectivity index (χ0) is 35.7. The molecule has 0 atom stereocenters. The first-order chi connectivity index (χ1) is 25.7. The Labute approximate surface area is 308 Å². The van der Waals surface area contributed by atoms with Crippen molar-refractivity contribution >= 4 is 66.5 Å². The number of hydrogen-bond acceptors (Lipinski definition) is 4. The van der Waals surface area contributed by atoms with E-state index in [1.165, 1.54) is 25.2 Å². The van der Waals surface area contributed by atoms with Crippen LogP contribution in [0.3, 0.4) is 0 Å². The van der Waals surface area contributed by atoms with Gasteiger partial charge in [-0.3, -0.25) is 13.5 Å². The monoisotopic (exact) mass is 783 g/mol. The van der Waals surface area contributed by atoms with E-state index in [1.807, 2.05) is 53.8 Å². The third-order valence-corrected chi connectivity index (χ3v) is 8.91. The number of nitrogens with zero attached hydrogens (tertiary/aromatic N) is 7. The summed E-state index contributed by atoms with van der Waals surface area (Å²) in [5, 5.41) is 4.79. The fourth-order valence-corrected chi connectivity index (χ4v) is 6.61. The van der Waals surface area contributed by atoms with Crippen molar-refractivity contribution in [3.63, 3.8) is 0 Å². The molecule has 4 aromatic carbocycles. The van der Waals surface area contributed by atoms with Gasteiger partial charge in [-0.05, 0) is 108 Å². The number of hydrogen-bond donors (Lipinski definition) is 1. The summed E-state index contributed by atoms with van der Waals surface area (Å²) in [6.07, 6.45) is 14.3. The summed E-state index contributed by atoms with van der Waals surface area (Å²) in [5.41, 5.74) is 7.69. The highest BCUT2D eigenvalue weighted by atomic mass is 127. The molecule has 0 radical (unpaired) electrons. The highest BCUT2D eigenvalue weighted by Crippen LogP contribution is 2.33. The lowest BCUT2D eigenvalue weighted by atomic mass is 10.2. The number of para-hydroxylation sites is 2. The molecule has 51 heavy (non-hydrogen) atoms. The molecule has 6 aromatic heterocycles. The maximum atomic E-state index is 9.96. The van der Waals surface area contributed by atoms with Crippen molar-refractivity contribution in [2.75, 3.05) is 7.15 Å². The van der Waals surface area contributed by atoms with Crippen molar-refractivity contribution in [3.8, 4) is 17.1 Å². The number of rotatable bonds is 3. The second-order valence-corrected chi connectivity index (χ2v) is 12.4. The molecule has 10 heteroatoms. The topological polar surface area (TPSA) is 82.1 Å². The summed E-state index contributed by atoms with van der Waals surface area (Å²) >= 11 is 2.35. The highest BCUT2D eigenvalue weighted by molar-refractivity contribution is 14.1. The molecule has 0 aliphatic carbocycles. The predicted molar refractivity (Wildman–Crippen MR) is 213 cm³/mol. The number of nitrogens with one attached hydrogen (secondary N) is 1. The zero-order valence-corrected chi connectivity index (χ0v) is 29.4. The van der Waals surface area contributed by atoms with Gasteiger partial charge in [-0.1, -0.05) is 36.4 Å². The van der Waals surface area contributed by atoms with Crippen LogP contribution in [-0.2, 0) is 0 Å². The van der Waals surface area contributed by atoms with Gasteiger partial charge in [-0.2, -0.15) is 0 Å². The van der Waals surface area contributed by atoms with Crippen LogP contribution < -0.4 is 0 Å². The molecule has 0 saturated heterocycles. The van der Waals surface area contributed by atoms with E-state index < -0.39 is 7.15 Å². The lowest BCUT2D eigenvalue weighted by molar-refractivity contribution is 0.636. The van der Waals surface area contributed by atoms with E-state index in [0.717, 1.165) is 39.3 Å². The Morgan fingerprint density at radius 1 is 0.608 bits per heavy atom. The molecule has 0 spiro atoms. The number of pyridine rings is 2. The van der Waals surface area contributed by atoms with Gasteiger partial charge in [0.1, 0.15) is 11.3 Å². The molecular weight excluding hydrogens is 750 g/mol. The van der Waals surface area contributed by atoms with Crippen LogP contribution in [0.4, 0.5) is 4.39 Å². The van der Waals surface area contributed by atoms with Gasteiger partial charge in [0.25, 0.3) is 0 Å². The minimum absolute atomic E-state index is 0.974. The molecule has 0 aliphatic heterocycles. The van der Waals surface area contributed by atoms with E-state index in [0.29, 0.717) is 0 Å². The number of alkyl halides is 1. The Bertz CT molecular complexity index is 2620. The number of fused-ring (bicyclic) bond motifs is 6. The minimum atomic E-state index is -1.00. The molecule has 0 unspecified atom stereocenters. The van der Waals surface area contributed by atoms with Crippen LogP contribution in [0.5, 0.6) is 0 Å². The summed E-state index contributed by atoms with van der Waals surface area (Å²) < 4.78 is 23.2. The second-order valence-electron chi connectivity index (χ2n) is 11.2. The van der Waals surface area contributed by atoms with E-state index in [1.54, 1.807) is 24.9 Å². The van der Waals surface area contributed by atoms with Crippen molar-refractivity contribution in [2.24, 2.45) is 0 Å². The lowest BCUT2D eigenvalue weighted by Crippen LogP contribution is -1.95. The Morgan fingerprint density at radius 2 is 1.20 bits per heavy atom. The second kappa shape index (κ2) is 15.6. The fraction of sp³-hybridized carbons (Fsp3) is 0.0244. The molecule has 0 saturated carbocycles. The van der Waals surface area contributed by atoms with Gasteiger partial charge in [0.2, 0.25) is 0 Å². The van der Waals surface area contributed by atoms with E-state index in [2.05, 4.69) is 154 Å². The molecule has 0 aliphatic rings. The average molecular weight is 784 g/mol. The first-order valence-corrected chi connectivity index (χ1v) is 17.1. The maximum Gasteiger partial charge on any atom is 0.145 e. The molecular formula is C41H32FIN8. The van der Waals surface area contributed by atoms with Gasteiger partial charge in [-0.15, -0.1) is 0 Å². The van der Waals surface area contributed by atoms with E-state index in [9.17, 15) is 4.39 Å². The number of halogens is 2. The standard InChI is InChI=1S/C20H14N4.C17H11IN2.C3H4N2.CH3F/c1-2-5-15(6-3-1)24-19-9-8-16(23-12-11-21-14-23)13-18(19)17-7-4-10-22-20(17)24;18-12-8-9-16-15(11-12)14-7-4-10-19-17(14)20(16)13-5-2-1-3-6-13;1-2-5-3-4-1;1-2/h1-14H;1-11H;1-3H,(H,4,5);1H3/i;;;1D. The first kappa shape index (κ1) is 32.1. The normalized spacial score (nSPS) is 10.9. The number of benzene rings is 4. The van der Waals surface area contributed by atoms with Gasteiger partial charge in [0, 0.05) is 79.4 Å². The maximum absolute atomic E-state index is 9.96. The Kier molecular flexibility index (Phi) is 9.82. The Hall–Kier alpha value is -6.14. The molecule has 0 bridgehead atoms. The molecule has 0 amide bonds. The van der Waals surface area contributed by atoms with Crippen molar-refractivity contribution < 1.29 is 5.76 Å². The summed E-state index contributed by atoms with van der Waals surface area (Å²) in [6.45, 7) is 0. The lowest BCUT2D eigenvalue weighted by Gasteiger charge is -2.07. The third kappa shape index (κ3) is 6.86.